The number of carbonyl (C=O) groups is 1. The van der Waals surface area contributed by atoms with Crippen LogP contribution in [0.5, 0.6) is 0 Å². The van der Waals surface area contributed by atoms with Gasteiger partial charge in [0.15, 0.2) is 5.16 Å². The highest BCUT2D eigenvalue weighted by Gasteiger charge is 2.32. The van der Waals surface area contributed by atoms with Crippen LogP contribution >= 0.6 is 11.8 Å². The molecule has 1 amide bonds. The minimum Gasteiger partial charge on any atom is -0.337 e. The zero-order valence-corrected chi connectivity index (χ0v) is 19.9. The van der Waals surface area contributed by atoms with Crippen molar-refractivity contribution in [1.82, 2.24) is 14.5 Å². The molecule has 0 unspecified atom stereocenters. The van der Waals surface area contributed by atoms with E-state index >= 15 is 0 Å². The van der Waals surface area contributed by atoms with E-state index in [1.165, 1.54) is 23.4 Å². The molecule has 180 valence electrons. The Balaban J connectivity index is 1.44. The maximum Gasteiger partial charge on any atom is 0.416 e. The van der Waals surface area contributed by atoms with E-state index in [-0.39, 0.29) is 11.4 Å². The molecule has 0 N–H and O–H groups in total. The minimum absolute atomic E-state index is 0.00111. The van der Waals surface area contributed by atoms with Crippen molar-refractivity contribution in [2.45, 2.75) is 43.0 Å². The molecule has 1 aliphatic rings. The van der Waals surface area contributed by atoms with Gasteiger partial charge in [-0.2, -0.15) is 13.2 Å². The Morgan fingerprint density at radius 2 is 1.74 bits per heavy atom. The third kappa shape index (κ3) is 4.93. The molecule has 4 nitrogen and oxygen atoms in total. The molecule has 0 saturated heterocycles. The number of nitrogens with zero attached hydrogens (tertiary/aromatic N) is 3. The van der Waals surface area contributed by atoms with Gasteiger partial charge in [0.05, 0.1) is 28.4 Å². The molecular formula is C27H24F3N3OS. The van der Waals surface area contributed by atoms with Gasteiger partial charge in [0.2, 0.25) is 5.91 Å². The van der Waals surface area contributed by atoms with Crippen molar-refractivity contribution in [3.05, 3.63) is 95.1 Å². The van der Waals surface area contributed by atoms with Crippen LogP contribution in [0.15, 0.2) is 78.0 Å². The van der Waals surface area contributed by atoms with Crippen molar-refractivity contribution in [3.63, 3.8) is 0 Å². The standard InChI is InChI=1S/C27H24F3N3OS/c1-18(25(34)32-14-13-20-9-5-6-10-21(20)17-32)35-26-31-23-15-22(27(28,29)30)11-12-24(23)33(26)16-19-7-3-2-4-8-19/h2-12,15,18H,13-14,16-17H2,1H3/t18-/m0/s1. The second kappa shape index (κ2) is 9.41. The number of rotatable bonds is 5. The summed E-state index contributed by atoms with van der Waals surface area (Å²) in [6.45, 7) is 3.50. The summed E-state index contributed by atoms with van der Waals surface area (Å²) in [5.41, 5.74) is 3.56. The molecular weight excluding hydrogens is 471 g/mol. The number of thioether (sulfide) groups is 1. The summed E-state index contributed by atoms with van der Waals surface area (Å²) in [6, 6.07) is 21.4. The number of halogens is 3. The van der Waals surface area contributed by atoms with Crippen molar-refractivity contribution in [2.75, 3.05) is 6.54 Å². The van der Waals surface area contributed by atoms with E-state index in [1.807, 2.05) is 64.9 Å². The van der Waals surface area contributed by atoms with Gasteiger partial charge in [-0.3, -0.25) is 4.79 Å². The van der Waals surface area contributed by atoms with Crippen LogP contribution in [0.25, 0.3) is 11.0 Å². The molecule has 35 heavy (non-hydrogen) atoms. The van der Waals surface area contributed by atoms with Crippen LogP contribution in [-0.2, 0) is 30.5 Å². The van der Waals surface area contributed by atoms with Crippen molar-refractivity contribution in [3.8, 4) is 0 Å². The SMILES string of the molecule is C[C@H](Sc1nc2cc(C(F)(F)F)ccc2n1Cc1ccccc1)C(=O)N1CCc2ccccc2C1. The second-order valence-corrected chi connectivity index (χ2v) is 10.0. The molecule has 1 aliphatic heterocycles. The predicted molar refractivity (Wildman–Crippen MR) is 131 cm³/mol. The molecule has 3 aromatic carbocycles. The van der Waals surface area contributed by atoms with Gasteiger partial charge in [-0.15, -0.1) is 0 Å². The van der Waals surface area contributed by atoms with E-state index in [0.29, 0.717) is 30.3 Å². The smallest absolute Gasteiger partial charge is 0.337 e. The summed E-state index contributed by atoms with van der Waals surface area (Å²) >= 11 is 1.29. The fourth-order valence-corrected chi connectivity index (χ4v) is 5.45. The van der Waals surface area contributed by atoms with Crippen molar-refractivity contribution < 1.29 is 18.0 Å². The molecule has 0 aliphatic carbocycles. The van der Waals surface area contributed by atoms with E-state index < -0.39 is 17.0 Å². The molecule has 1 atom stereocenters. The summed E-state index contributed by atoms with van der Waals surface area (Å²) in [5.74, 6) is -0.00111. The molecule has 0 radical (unpaired) electrons. The number of hydrogen-bond acceptors (Lipinski definition) is 3. The molecule has 0 fully saturated rings. The molecule has 0 bridgehead atoms. The maximum atomic E-state index is 13.3. The van der Waals surface area contributed by atoms with E-state index in [9.17, 15) is 18.0 Å². The van der Waals surface area contributed by atoms with Crippen LogP contribution in [-0.4, -0.2) is 32.2 Å². The van der Waals surface area contributed by atoms with Crippen LogP contribution in [0.1, 0.15) is 29.2 Å². The molecule has 2 heterocycles. The molecule has 1 aromatic heterocycles. The van der Waals surface area contributed by atoms with Crippen LogP contribution in [0.2, 0.25) is 0 Å². The Bertz CT molecular complexity index is 1370. The summed E-state index contributed by atoms with van der Waals surface area (Å²) in [4.78, 5) is 19.7. The quantitative estimate of drug-likeness (QED) is 0.311. The van der Waals surface area contributed by atoms with Gasteiger partial charge in [-0.05, 0) is 48.2 Å². The highest BCUT2D eigenvalue weighted by Crippen LogP contribution is 2.34. The van der Waals surface area contributed by atoms with Gasteiger partial charge in [-0.1, -0.05) is 66.4 Å². The number of amides is 1. The summed E-state index contributed by atoms with van der Waals surface area (Å²) in [6.07, 6.45) is -3.63. The molecule has 4 aromatic rings. The highest BCUT2D eigenvalue weighted by atomic mass is 32.2. The number of alkyl halides is 3. The van der Waals surface area contributed by atoms with E-state index in [0.717, 1.165) is 29.7 Å². The van der Waals surface area contributed by atoms with Gasteiger partial charge >= 0.3 is 6.18 Å². The highest BCUT2D eigenvalue weighted by molar-refractivity contribution is 8.00. The Morgan fingerprint density at radius 3 is 2.49 bits per heavy atom. The van der Waals surface area contributed by atoms with Gasteiger partial charge in [-0.25, -0.2) is 4.98 Å². The zero-order chi connectivity index (χ0) is 24.6. The topological polar surface area (TPSA) is 38.1 Å². The normalized spacial score (nSPS) is 14.7. The second-order valence-electron chi connectivity index (χ2n) is 8.71. The first-order valence-corrected chi connectivity index (χ1v) is 12.3. The molecule has 8 heteroatoms. The van der Waals surface area contributed by atoms with Gasteiger partial charge < -0.3 is 9.47 Å². The number of benzene rings is 3. The van der Waals surface area contributed by atoms with Crippen molar-refractivity contribution >= 4 is 28.7 Å². The first kappa shape index (κ1) is 23.5. The van der Waals surface area contributed by atoms with Gasteiger partial charge in [0.1, 0.15) is 0 Å². The van der Waals surface area contributed by atoms with Crippen molar-refractivity contribution in [1.29, 1.82) is 0 Å². The Labute approximate surface area is 205 Å². The number of carbonyl (C=O) groups excluding carboxylic acids is 1. The maximum absolute atomic E-state index is 13.3. The lowest BCUT2D eigenvalue weighted by Gasteiger charge is -2.30. The number of imidazole rings is 1. The largest absolute Gasteiger partial charge is 0.416 e. The van der Waals surface area contributed by atoms with Crippen LogP contribution in [0.4, 0.5) is 13.2 Å². The first-order valence-electron chi connectivity index (χ1n) is 11.4. The Hall–Kier alpha value is -3.26. The van der Waals surface area contributed by atoms with E-state index in [1.54, 1.807) is 0 Å². The summed E-state index contributed by atoms with van der Waals surface area (Å²) in [5, 5.41) is 0.0927. The predicted octanol–water partition coefficient (Wildman–Crippen LogP) is 6.17. The monoisotopic (exact) mass is 495 g/mol. The Kier molecular flexibility index (Phi) is 6.32. The van der Waals surface area contributed by atoms with Crippen molar-refractivity contribution in [2.24, 2.45) is 0 Å². The molecule has 0 spiro atoms. The number of aromatic nitrogens is 2. The van der Waals surface area contributed by atoms with Crippen LogP contribution < -0.4 is 0 Å². The zero-order valence-electron chi connectivity index (χ0n) is 19.1. The van der Waals surface area contributed by atoms with Crippen LogP contribution in [0, 0.1) is 0 Å². The third-order valence-corrected chi connectivity index (χ3v) is 7.37. The molecule has 5 rings (SSSR count). The summed E-state index contributed by atoms with van der Waals surface area (Å²) < 4.78 is 41.8. The first-order chi connectivity index (χ1) is 16.8. The van der Waals surface area contributed by atoms with E-state index in [4.69, 9.17) is 0 Å². The lowest BCUT2D eigenvalue weighted by molar-refractivity contribution is -0.137. The van der Waals surface area contributed by atoms with Gasteiger partial charge in [0, 0.05) is 13.1 Å². The Morgan fingerprint density at radius 1 is 1.03 bits per heavy atom. The third-order valence-electron chi connectivity index (χ3n) is 6.30. The lowest BCUT2D eigenvalue weighted by atomic mass is 10.00. The van der Waals surface area contributed by atoms with Crippen LogP contribution in [0.3, 0.4) is 0 Å². The average molecular weight is 496 g/mol. The average Bonchev–Trinajstić information content (AvgIpc) is 3.19. The van der Waals surface area contributed by atoms with E-state index in [2.05, 4.69) is 11.1 Å². The van der Waals surface area contributed by atoms with Gasteiger partial charge in [0.25, 0.3) is 0 Å². The minimum atomic E-state index is -4.45. The lowest BCUT2D eigenvalue weighted by Crippen LogP contribution is -2.40. The molecule has 0 saturated carbocycles. The number of fused-ring (bicyclic) bond motifs is 2. The fraction of sp³-hybridized carbons (Fsp3) is 0.259. The number of hydrogen-bond donors (Lipinski definition) is 0. The fourth-order valence-electron chi connectivity index (χ4n) is 4.44. The summed E-state index contributed by atoms with van der Waals surface area (Å²) in [7, 11) is 0.